The molecule has 148 valence electrons. The first-order valence-electron chi connectivity index (χ1n) is 9.14. The van der Waals surface area contributed by atoms with Crippen LogP contribution in [-0.2, 0) is 11.3 Å². The van der Waals surface area contributed by atoms with Crippen molar-refractivity contribution in [2.24, 2.45) is 0 Å². The van der Waals surface area contributed by atoms with E-state index in [0.717, 1.165) is 40.4 Å². The van der Waals surface area contributed by atoms with E-state index in [1.165, 1.54) is 22.1 Å². The van der Waals surface area contributed by atoms with Crippen molar-refractivity contribution in [3.05, 3.63) is 46.1 Å². The number of hydrogen-bond acceptors (Lipinski definition) is 7. The van der Waals surface area contributed by atoms with E-state index in [0.29, 0.717) is 22.0 Å². The lowest BCUT2D eigenvalue weighted by molar-refractivity contribution is -0.117. The van der Waals surface area contributed by atoms with E-state index in [2.05, 4.69) is 25.3 Å². The molecule has 29 heavy (non-hydrogen) atoms. The second kappa shape index (κ2) is 7.12. The van der Waals surface area contributed by atoms with E-state index in [1.54, 1.807) is 24.3 Å². The zero-order chi connectivity index (χ0) is 20.0. The van der Waals surface area contributed by atoms with Gasteiger partial charge in [-0.2, -0.15) is 4.98 Å². The van der Waals surface area contributed by atoms with E-state index in [9.17, 15) is 9.59 Å². The van der Waals surface area contributed by atoms with Gasteiger partial charge in [0.05, 0.1) is 10.7 Å². The Morgan fingerprint density at radius 2 is 2.03 bits per heavy atom. The molecule has 0 spiro atoms. The topological polar surface area (TPSA) is 97.4 Å². The molecule has 1 aromatic carbocycles. The number of thiazole rings is 1. The number of carbonyl (C=O) groups excluding carboxylic acids is 1. The molecule has 9 nitrogen and oxygen atoms in total. The molecule has 4 aromatic rings. The fraction of sp³-hybridized carbons (Fsp3) is 0.278. The number of para-hydroxylation sites is 1. The summed E-state index contributed by atoms with van der Waals surface area (Å²) in [7, 11) is 0. The lowest BCUT2D eigenvalue weighted by Crippen LogP contribution is -2.28. The number of nitrogens with one attached hydrogen (secondary N) is 1. The molecule has 1 saturated heterocycles. The number of carbonyl (C=O) groups is 1. The van der Waals surface area contributed by atoms with Crippen LogP contribution < -0.4 is 15.9 Å². The van der Waals surface area contributed by atoms with Crippen molar-refractivity contribution in [3.8, 4) is 0 Å². The predicted octanol–water partition coefficient (Wildman–Crippen LogP) is 2.39. The van der Waals surface area contributed by atoms with Crippen molar-refractivity contribution in [1.82, 2.24) is 24.1 Å². The van der Waals surface area contributed by atoms with Crippen molar-refractivity contribution < 1.29 is 4.79 Å². The molecule has 0 saturated carbocycles. The monoisotopic (exact) mass is 429 g/mol. The van der Waals surface area contributed by atoms with E-state index < -0.39 is 11.6 Å². The molecule has 0 atom stereocenters. The van der Waals surface area contributed by atoms with Crippen molar-refractivity contribution in [2.75, 3.05) is 23.3 Å². The largest absolute Gasteiger partial charge is 0.352 e. The second-order valence-corrected chi connectivity index (χ2v) is 8.13. The first kappa shape index (κ1) is 18.1. The Hall–Kier alpha value is -2.98. The molecule has 3 aromatic heterocycles. The average Bonchev–Trinajstić information content (AvgIpc) is 3.43. The quantitative estimate of drug-likeness (QED) is 0.535. The normalized spacial score (nSPS) is 14.2. The van der Waals surface area contributed by atoms with Crippen molar-refractivity contribution >= 4 is 55.7 Å². The van der Waals surface area contributed by atoms with Gasteiger partial charge in [0.1, 0.15) is 17.6 Å². The molecular formula is C18H16ClN7O2S. The number of anilines is 2. The summed E-state index contributed by atoms with van der Waals surface area (Å²) in [5, 5.41) is 8.38. The zero-order valence-corrected chi connectivity index (χ0v) is 16.8. The fourth-order valence-corrected chi connectivity index (χ4v) is 4.59. The van der Waals surface area contributed by atoms with Gasteiger partial charge >= 0.3 is 5.69 Å². The van der Waals surface area contributed by atoms with Crippen molar-refractivity contribution in [1.29, 1.82) is 0 Å². The summed E-state index contributed by atoms with van der Waals surface area (Å²) in [6.45, 7) is 1.71. The summed E-state index contributed by atoms with van der Waals surface area (Å²) in [5.41, 5.74) is 1.06. The number of fused-ring (bicyclic) bond motifs is 3. The van der Waals surface area contributed by atoms with Gasteiger partial charge in [-0.3, -0.25) is 4.79 Å². The van der Waals surface area contributed by atoms with E-state index >= 15 is 0 Å². The molecule has 5 rings (SSSR count). The van der Waals surface area contributed by atoms with E-state index in [1.807, 2.05) is 0 Å². The molecular weight excluding hydrogens is 414 g/mol. The maximum Gasteiger partial charge on any atom is 0.352 e. The Balaban J connectivity index is 1.47. The Labute approximate surface area is 173 Å². The fourth-order valence-electron chi connectivity index (χ4n) is 3.36. The van der Waals surface area contributed by atoms with Crippen LogP contribution in [0.3, 0.4) is 0 Å². The minimum atomic E-state index is -0.431. The van der Waals surface area contributed by atoms with Gasteiger partial charge in [-0.05, 0) is 25.0 Å². The molecule has 1 N–H and O–H groups in total. The maximum absolute atomic E-state index is 12.7. The predicted molar refractivity (Wildman–Crippen MR) is 112 cm³/mol. The standard InChI is InChI=1S/C18H16ClN7O2S/c19-11-5-1-2-6-12(11)21-13(27)9-26-18(28)25-10-20-15-14(16(25)23-26)29-17(22-15)24-7-3-4-8-24/h1-2,5-6,10H,3-4,7-9H2,(H,21,27). The minimum Gasteiger partial charge on any atom is -0.348 e. The van der Waals surface area contributed by atoms with Crippen LogP contribution in [0.5, 0.6) is 0 Å². The van der Waals surface area contributed by atoms with Crippen LogP contribution in [0.25, 0.3) is 16.0 Å². The summed E-state index contributed by atoms with van der Waals surface area (Å²) in [6, 6.07) is 6.91. The van der Waals surface area contributed by atoms with Gasteiger partial charge in [-0.15, -0.1) is 5.10 Å². The highest BCUT2D eigenvalue weighted by atomic mass is 35.5. The summed E-state index contributed by atoms with van der Waals surface area (Å²) >= 11 is 7.54. The van der Waals surface area contributed by atoms with Crippen LogP contribution in [-0.4, -0.2) is 43.1 Å². The zero-order valence-electron chi connectivity index (χ0n) is 15.2. The minimum absolute atomic E-state index is 0.231. The average molecular weight is 430 g/mol. The van der Waals surface area contributed by atoms with Crippen LogP contribution >= 0.6 is 22.9 Å². The van der Waals surface area contributed by atoms with Crippen molar-refractivity contribution in [3.63, 3.8) is 0 Å². The first-order chi connectivity index (χ1) is 14.1. The van der Waals surface area contributed by atoms with Crippen LogP contribution in [0.1, 0.15) is 12.8 Å². The molecule has 1 amide bonds. The van der Waals surface area contributed by atoms with E-state index in [-0.39, 0.29) is 6.54 Å². The molecule has 1 fully saturated rings. The first-order valence-corrected chi connectivity index (χ1v) is 10.3. The molecule has 1 aliphatic heterocycles. The molecule has 0 aliphatic carbocycles. The van der Waals surface area contributed by atoms with Gasteiger partial charge in [0, 0.05) is 13.1 Å². The third-order valence-corrected chi connectivity index (χ3v) is 6.22. The van der Waals surface area contributed by atoms with Crippen molar-refractivity contribution in [2.45, 2.75) is 19.4 Å². The molecule has 0 bridgehead atoms. The van der Waals surface area contributed by atoms with Crippen LogP contribution in [0.2, 0.25) is 5.02 Å². The molecule has 11 heteroatoms. The summed E-state index contributed by atoms with van der Waals surface area (Å²) < 4.78 is 3.20. The van der Waals surface area contributed by atoms with Gasteiger partial charge < -0.3 is 10.2 Å². The molecule has 0 unspecified atom stereocenters. The number of rotatable bonds is 4. The number of amides is 1. The number of halogens is 1. The third-order valence-electron chi connectivity index (χ3n) is 4.78. The van der Waals surface area contributed by atoms with Gasteiger partial charge in [0.25, 0.3) is 0 Å². The van der Waals surface area contributed by atoms with E-state index in [4.69, 9.17) is 11.6 Å². The lowest BCUT2D eigenvalue weighted by atomic mass is 10.3. The Morgan fingerprint density at radius 3 is 2.83 bits per heavy atom. The Kier molecular flexibility index (Phi) is 4.44. The molecule has 0 radical (unpaired) electrons. The van der Waals surface area contributed by atoms with Crippen LogP contribution in [0.15, 0.2) is 35.4 Å². The second-order valence-electron chi connectivity index (χ2n) is 6.75. The molecule has 4 heterocycles. The van der Waals surface area contributed by atoms with Gasteiger partial charge in [-0.25, -0.2) is 18.9 Å². The third kappa shape index (κ3) is 3.23. The highest BCUT2D eigenvalue weighted by Crippen LogP contribution is 2.31. The summed E-state index contributed by atoms with van der Waals surface area (Å²) in [5.74, 6) is -0.394. The van der Waals surface area contributed by atoms with Gasteiger partial charge in [-0.1, -0.05) is 35.1 Å². The smallest absolute Gasteiger partial charge is 0.348 e. The lowest BCUT2D eigenvalue weighted by Gasteiger charge is -2.11. The highest BCUT2D eigenvalue weighted by Gasteiger charge is 2.20. The van der Waals surface area contributed by atoms with Gasteiger partial charge in [0.15, 0.2) is 16.4 Å². The van der Waals surface area contributed by atoms with Gasteiger partial charge in [0.2, 0.25) is 5.91 Å². The molecule has 1 aliphatic rings. The summed E-state index contributed by atoms with van der Waals surface area (Å²) in [4.78, 5) is 36.2. The number of hydrogen-bond donors (Lipinski definition) is 1. The summed E-state index contributed by atoms with van der Waals surface area (Å²) in [6.07, 6.45) is 3.70. The highest BCUT2D eigenvalue weighted by molar-refractivity contribution is 7.22. The number of aromatic nitrogens is 5. The number of benzene rings is 1. The number of nitrogens with zero attached hydrogens (tertiary/aromatic N) is 6. The Bertz CT molecular complexity index is 1290. The Morgan fingerprint density at radius 1 is 1.24 bits per heavy atom. The maximum atomic E-state index is 12.7. The SMILES string of the molecule is O=C(Cn1nc2c3sc(N4CCCC4)nc3ncn2c1=O)Nc1ccccc1Cl. The van der Waals surface area contributed by atoms with Crippen LogP contribution in [0, 0.1) is 0 Å². The van der Waals surface area contributed by atoms with Crippen LogP contribution in [0.4, 0.5) is 10.8 Å².